The second-order valence-electron chi connectivity index (χ2n) is 3.90. The Morgan fingerprint density at radius 3 is 2.29 bits per heavy atom. The lowest BCUT2D eigenvalue weighted by atomic mass is 9.98. The zero-order valence-electron chi connectivity index (χ0n) is 8.45. The lowest BCUT2D eigenvalue weighted by Crippen LogP contribution is -2.55. The molecule has 1 saturated heterocycles. The van der Waals surface area contributed by atoms with Crippen molar-refractivity contribution in [2.45, 2.75) is 25.8 Å². The molecule has 0 aromatic rings. The number of carbonyl (C=O) groups excluding carboxylic acids is 2. The average Bonchev–Trinajstić information content (AvgIpc) is 2.02. The number of nitrogens with zero attached hydrogens (tertiary/aromatic N) is 1. The molecule has 0 atom stereocenters. The first-order valence-electron chi connectivity index (χ1n) is 4.53. The van der Waals surface area contributed by atoms with Gasteiger partial charge in [0.05, 0.1) is 11.5 Å². The Hall–Kier alpha value is -0.550. The van der Waals surface area contributed by atoms with Gasteiger partial charge in [-0.25, -0.2) is 0 Å². The third kappa shape index (κ3) is 2.27. The summed E-state index contributed by atoms with van der Waals surface area (Å²) >= 11 is 1.35. The van der Waals surface area contributed by atoms with E-state index < -0.39 is 5.54 Å². The number of carbonyl (C=O) groups is 2. The predicted molar refractivity (Wildman–Crippen MR) is 55.0 cm³/mol. The number of aliphatic hydroxyl groups is 1. The van der Waals surface area contributed by atoms with Crippen LogP contribution in [0.1, 0.15) is 20.3 Å². The fourth-order valence-corrected chi connectivity index (χ4v) is 2.26. The second-order valence-corrected chi connectivity index (χ2v) is 4.89. The lowest BCUT2D eigenvalue weighted by Gasteiger charge is -2.38. The normalized spacial score (nSPS) is 18.9. The molecule has 1 N–H and O–H groups in total. The van der Waals surface area contributed by atoms with Crippen molar-refractivity contribution in [1.29, 1.82) is 0 Å². The zero-order chi connectivity index (χ0) is 10.8. The Labute approximate surface area is 87.7 Å². The van der Waals surface area contributed by atoms with Crippen LogP contribution < -0.4 is 0 Å². The van der Waals surface area contributed by atoms with Crippen LogP contribution in [0, 0.1) is 0 Å². The smallest absolute Gasteiger partial charge is 0.239 e. The molecule has 0 radical (unpaired) electrons. The number of hydrogen-bond acceptors (Lipinski definition) is 4. The minimum atomic E-state index is -0.566. The molecule has 1 fully saturated rings. The van der Waals surface area contributed by atoms with Crippen LogP contribution >= 0.6 is 11.8 Å². The van der Waals surface area contributed by atoms with Crippen molar-refractivity contribution in [2.75, 3.05) is 18.1 Å². The van der Waals surface area contributed by atoms with E-state index in [1.165, 1.54) is 16.7 Å². The lowest BCUT2D eigenvalue weighted by molar-refractivity contribution is -0.148. The molecule has 2 amide bonds. The summed E-state index contributed by atoms with van der Waals surface area (Å²) in [7, 11) is 0. The fraction of sp³-hybridized carbons (Fsp3) is 0.778. The monoisotopic (exact) mass is 217 g/mol. The van der Waals surface area contributed by atoms with Crippen molar-refractivity contribution in [3.05, 3.63) is 0 Å². The standard InChI is InChI=1S/C9H15NO3S/c1-9(2,3-4-11)10-7(12)5-14-6-8(10)13/h11H,3-6H2,1-2H3. The van der Waals surface area contributed by atoms with Gasteiger partial charge in [-0.05, 0) is 20.3 Å². The van der Waals surface area contributed by atoms with E-state index in [1.54, 1.807) is 13.8 Å². The third-order valence-electron chi connectivity index (χ3n) is 2.28. The molecule has 4 nitrogen and oxygen atoms in total. The Morgan fingerprint density at radius 1 is 1.36 bits per heavy atom. The van der Waals surface area contributed by atoms with Gasteiger partial charge in [0.25, 0.3) is 0 Å². The molecule has 0 bridgehead atoms. The average molecular weight is 217 g/mol. The number of hydrogen-bond donors (Lipinski definition) is 1. The summed E-state index contributed by atoms with van der Waals surface area (Å²) in [6, 6.07) is 0. The SMILES string of the molecule is CC(C)(CCO)N1C(=O)CSCC1=O. The van der Waals surface area contributed by atoms with Crippen molar-refractivity contribution in [3.8, 4) is 0 Å². The van der Waals surface area contributed by atoms with E-state index in [0.717, 1.165) is 0 Å². The molecule has 1 heterocycles. The Balaban J connectivity index is 2.81. The van der Waals surface area contributed by atoms with Gasteiger partial charge in [-0.3, -0.25) is 14.5 Å². The number of imide groups is 1. The molecule has 1 aliphatic rings. The van der Waals surface area contributed by atoms with Gasteiger partial charge in [0.15, 0.2) is 0 Å². The van der Waals surface area contributed by atoms with Gasteiger partial charge < -0.3 is 5.11 Å². The molecule has 0 aliphatic carbocycles. The number of aliphatic hydroxyl groups excluding tert-OH is 1. The molecule has 0 saturated carbocycles. The van der Waals surface area contributed by atoms with Crippen LogP contribution in [0.4, 0.5) is 0 Å². The van der Waals surface area contributed by atoms with E-state index in [2.05, 4.69) is 0 Å². The van der Waals surface area contributed by atoms with Crippen LogP contribution in [0.3, 0.4) is 0 Å². The fourth-order valence-electron chi connectivity index (χ4n) is 1.55. The van der Waals surface area contributed by atoms with Crippen molar-refractivity contribution in [3.63, 3.8) is 0 Å². The van der Waals surface area contributed by atoms with E-state index in [0.29, 0.717) is 17.9 Å². The highest BCUT2D eigenvalue weighted by Gasteiger charge is 2.37. The highest BCUT2D eigenvalue weighted by molar-refractivity contribution is 8.00. The Bertz CT molecular complexity index is 236. The maximum Gasteiger partial charge on any atom is 0.239 e. The van der Waals surface area contributed by atoms with Crippen LogP contribution in [-0.4, -0.2) is 45.5 Å². The Morgan fingerprint density at radius 2 is 1.86 bits per heavy atom. The van der Waals surface area contributed by atoms with E-state index in [1.807, 2.05) is 0 Å². The molecule has 0 aromatic heterocycles. The van der Waals surface area contributed by atoms with Crippen molar-refractivity contribution in [1.82, 2.24) is 4.90 Å². The van der Waals surface area contributed by atoms with Gasteiger partial charge in [-0.15, -0.1) is 11.8 Å². The van der Waals surface area contributed by atoms with Gasteiger partial charge in [-0.2, -0.15) is 0 Å². The molecule has 1 rings (SSSR count). The summed E-state index contributed by atoms with van der Waals surface area (Å²) in [6.07, 6.45) is 0.426. The van der Waals surface area contributed by atoms with Gasteiger partial charge in [-0.1, -0.05) is 0 Å². The topological polar surface area (TPSA) is 57.6 Å². The molecule has 1 aliphatic heterocycles. The largest absolute Gasteiger partial charge is 0.396 e. The first kappa shape index (κ1) is 11.5. The van der Waals surface area contributed by atoms with Crippen LogP contribution in [0.2, 0.25) is 0 Å². The van der Waals surface area contributed by atoms with Crippen molar-refractivity contribution in [2.24, 2.45) is 0 Å². The quantitative estimate of drug-likeness (QED) is 0.688. The van der Waals surface area contributed by atoms with Crippen LogP contribution in [0.25, 0.3) is 0 Å². The molecular formula is C9H15NO3S. The third-order valence-corrected chi connectivity index (χ3v) is 3.18. The molecule has 0 spiro atoms. The summed E-state index contributed by atoms with van der Waals surface area (Å²) in [5, 5.41) is 8.85. The first-order chi connectivity index (χ1) is 6.49. The number of rotatable bonds is 3. The van der Waals surface area contributed by atoms with Gasteiger partial charge in [0, 0.05) is 12.1 Å². The van der Waals surface area contributed by atoms with E-state index in [4.69, 9.17) is 5.11 Å². The summed E-state index contributed by atoms with van der Waals surface area (Å²) < 4.78 is 0. The number of thioether (sulfide) groups is 1. The minimum Gasteiger partial charge on any atom is -0.396 e. The van der Waals surface area contributed by atoms with Crippen LogP contribution in [0.5, 0.6) is 0 Å². The molecular weight excluding hydrogens is 202 g/mol. The summed E-state index contributed by atoms with van der Waals surface area (Å²) in [5.74, 6) is 0.427. The maximum absolute atomic E-state index is 11.5. The highest BCUT2D eigenvalue weighted by atomic mass is 32.2. The predicted octanol–water partition coefficient (Wildman–Crippen LogP) is 0.249. The van der Waals surface area contributed by atoms with Crippen LogP contribution in [0.15, 0.2) is 0 Å². The molecule has 0 aromatic carbocycles. The summed E-state index contributed by atoms with van der Waals surface area (Å²) in [4.78, 5) is 24.3. The molecule has 80 valence electrons. The van der Waals surface area contributed by atoms with Crippen LogP contribution in [-0.2, 0) is 9.59 Å². The number of amides is 2. The van der Waals surface area contributed by atoms with Gasteiger partial charge in [0.2, 0.25) is 11.8 Å². The summed E-state index contributed by atoms with van der Waals surface area (Å²) in [5.41, 5.74) is -0.566. The zero-order valence-corrected chi connectivity index (χ0v) is 9.26. The maximum atomic E-state index is 11.5. The second kappa shape index (κ2) is 4.31. The van der Waals surface area contributed by atoms with Gasteiger partial charge >= 0.3 is 0 Å². The minimum absolute atomic E-state index is 0.0167. The van der Waals surface area contributed by atoms with Gasteiger partial charge in [0.1, 0.15) is 0 Å². The first-order valence-corrected chi connectivity index (χ1v) is 5.69. The highest BCUT2D eigenvalue weighted by Crippen LogP contribution is 2.24. The molecule has 0 unspecified atom stereocenters. The van der Waals surface area contributed by atoms with E-state index in [-0.39, 0.29) is 18.4 Å². The van der Waals surface area contributed by atoms with E-state index in [9.17, 15) is 9.59 Å². The van der Waals surface area contributed by atoms with Crippen molar-refractivity contribution < 1.29 is 14.7 Å². The summed E-state index contributed by atoms with van der Waals surface area (Å²) in [6.45, 7) is 3.58. The van der Waals surface area contributed by atoms with Crippen molar-refractivity contribution >= 4 is 23.6 Å². The Kier molecular flexibility index (Phi) is 3.55. The molecule has 14 heavy (non-hydrogen) atoms. The van der Waals surface area contributed by atoms with E-state index >= 15 is 0 Å². The molecule has 5 heteroatoms.